The lowest BCUT2D eigenvalue weighted by atomic mass is 10.0. The van der Waals surface area contributed by atoms with Crippen LogP contribution in [0.5, 0.6) is 0 Å². The molecule has 2 heterocycles. The number of benzodiazepines with no additional fused rings is 1. The molecular weight excluding hydrogens is 407 g/mol. The quantitative estimate of drug-likeness (QED) is 0.523. The third-order valence-corrected chi connectivity index (χ3v) is 5.20. The first-order valence-electron chi connectivity index (χ1n) is 9.99. The normalized spacial score (nSPS) is 15.3. The molecule has 7 heteroatoms. The van der Waals surface area contributed by atoms with Crippen molar-refractivity contribution in [2.75, 3.05) is 5.32 Å². The third-order valence-electron chi connectivity index (χ3n) is 5.20. The summed E-state index contributed by atoms with van der Waals surface area (Å²) in [7, 11) is 0. The number of aromatic nitrogens is 1. The Hall–Kier alpha value is -4.39. The topological polar surface area (TPSA) is 83.5 Å². The molecule has 1 unspecified atom stereocenters. The highest BCUT2D eigenvalue weighted by Gasteiger charge is 2.28. The van der Waals surface area contributed by atoms with Crippen molar-refractivity contribution in [3.05, 3.63) is 108 Å². The molecule has 0 saturated heterocycles. The van der Waals surface area contributed by atoms with E-state index < -0.39 is 23.8 Å². The second-order valence-electron chi connectivity index (χ2n) is 7.29. The summed E-state index contributed by atoms with van der Waals surface area (Å²) in [5.41, 5.74) is 2.62. The Bertz CT molecular complexity index is 1400. The number of fused-ring (bicyclic) bond motifs is 2. The van der Waals surface area contributed by atoms with Gasteiger partial charge in [0.15, 0.2) is 0 Å². The van der Waals surface area contributed by atoms with Gasteiger partial charge in [0.2, 0.25) is 6.17 Å². The van der Waals surface area contributed by atoms with Crippen molar-refractivity contribution in [2.45, 2.75) is 6.17 Å². The van der Waals surface area contributed by atoms with Crippen LogP contribution >= 0.6 is 0 Å². The molecule has 0 bridgehead atoms. The van der Waals surface area contributed by atoms with E-state index in [0.29, 0.717) is 16.8 Å². The lowest BCUT2D eigenvalue weighted by molar-refractivity contribution is -0.117. The summed E-state index contributed by atoms with van der Waals surface area (Å²) in [6.07, 6.45) is 0.193. The van der Waals surface area contributed by atoms with Crippen LogP contribution in [0.15, 0.2) is 90.1 Å². The van der Waals surface area contributed by atoms with Crippen LogP contribution in [0.3, 0.4) is 0 Å². The van der Waals surface area contributed by atoms with Gasteiger partial charge >= 0.3 is 0 Å². The predicted molar refractivity (Wildman–Crippen MR) is 120 cm³/mol. The van der Waals surface area contributed by atoms with Crippen LogP contribution in [0.1, 0.15) is 21.5 Å². The van der Waals surface area contributed by atoms with Crippen molar-refractivity contribution >= 4 is 34.1 Å². The molecule has 0 aliphatic carbocycles. The zero-order chi connectivity index (χ0) is 22.1. The number of rotatable bonds is 3. The molecule has 4 aromatic rings. The number of hydrogen-bond donors (Lipinski definition) is 2. The summed E-state index contributed by atoms with van der Waals surface area (Å²) in [5.74, 6) is -1.50. The van der Waals surface area contributed by atoms with Gasteiger partial charge in [-0.2, -0.15) is 0 Å². The molecule has 0 fully saturated rings. The lowest BCUT2D eigenvalue weighted by Crippen LogP contribution is -2.42. The van der Waals surface area contributed by atoms with Crippen LogP contribution in [-0.2, 0) is 4.79 Å². The van der Waals surface area contributed by atoms with Crippen molar-refractivity contribution in [3.8, 4) is 0 Å². The van der Waals surface area contributed by atoms with Crippen LogP contribution in [0.2, 0.25) is 0 Å². The Morgan fingerprint density at radius 1 is 0.938 bits per heavy atom. The maximum atomic E-state index is 14.6. The third kappa shape index (κ3) is 3.60. The first-order chi connectivity index (χ1) is 15.6. The molecule has 0 radical (unpaired) electrons. The number of pyridine rings is 1. The van der Waals surface area contributed by atoms with Crippen molar-refractivity contribution in [2.24, 2.45) is 4.99 Å². The van der Waals surface area contributed by atoms with Crippen molar-refractivity contribution < 1.29 is 14.0 Å². The standard InChI is InChI=1S/C25H17FN4O2/c26-19-10-4-2-8-17(19)22-18-9-3-6-12-21(18)28-25(32)23(29-22)30-24(31)16-13-15-7-1-5-11-20(15)27-14-16/h1-14,23H,(H,28,32)(H,30,31). The Morgan fingerprint density at radius 2 is 1.66 bits per heavy atom. The summed E-state index contributed by atoms with van der Waals surface area (Å²) in [6, 6.07) is 22.3. The van der Waals surface area contributed by atoms with Crippen LogP contribution in [0.4, 0.5) is 10.1 Å². The van der Waals surface area contributed by atoms with Gasteiger partial charge in [0.25, 0.3) is 11.8 Å². The van der Waals surface area contributed by atoms with E-state index in [2.05, 4.69) is 20.6 Å². The molecule has 3 aromatic carbocycles. The Morgan fingerprint density at radius 3 is 2.50 bits per heavy atom. The van der Waals surface area contributed by atoms with E-state index >= 15 is 0 Å². The molecule has 6 nitrogen and oxygen atoms in total. The van der Waals surface area contributed by atoms with Crippen LogP contribution in [0.25, 0.3) is 10.9 Å². The zero-order valence-electron chi connectivity index (χ0n) is 16.7. The number of hydrogen-bond acceptors (Lipinski definition) is 4. The molecule has 32 heavy (non-hydrogen) atoms. The zero-order valence-corrected chi connectivity index (χ0v) is 16.7. The maximum absolute atomic E-state index is 14.6. The highest BCUT2D eigenvalue weighted by molar-refractivity contribution is 6.20. The molecule has 1 atom stereocenters. The molecule has 1 aliphatic heterocycles. The first kappa shape index (κ1) is 19.6. The van der Waals surface area contributed by atoms with Gasteiger partial charge in [-0.05, 0) is 30.3 Å². The molecule has 5 rings (SSSR count). The number of benzene rings is 3. The number of carbonyl (C=O) groups excluding carboxylic acids is 2. The fourth-order valence-corrected chi connectivity index (χ4v) is 3.63. The number of para-hydroxylation sites is 2. The van der Waals surface area contributed by atoms with E-state index in [-0.39, 0.29) is 11.3 Å². The van der Waals surface area contributed by atoms with E-state index in [4.69, 9.17) is 0 Å². The minimum Gasteiger partial charge on any atom is -0.322 e. The van der Waals surface area contributed by atoms with Gasteiger partial charge in [0.1, 0.15) is 5.82 Å². The smallest absolute Gasteiger partial charge is 0.269 e. The average molecular weight is 424 g/mol. The number of carbonyl (C=O) groups is 2. The second kappa shape index (κ2) is 8.03. The highest BCUT2D eigenvalue weighted by atomic mass is 19.1. The molecule has 2 amide bonds. The van der Waals surface area contributed by atoms with E-state index in [9.17, 15) is 14.0 Å². The number of halogens is 1. The van der Waals surface area contributed by atoms with E-state index in [1.54, 1.807) is 48.5 Å². The van der Waals surface area contributed by atoms with Gasteiger partial charge in [-0.3, -0.25) is 14.6 Å². The summed E-state index contributed by atoms with van der Waals surface area (Å²) in [5, 5.41) is 6.21. The fraction of sp³-hybridized carbons (Fsp3) is 0.0400. The molecular formula is C25H17FN4O2. The molecule has 0 saturated carbocycles. The Kier molecular flexibility index (Phi) is 4.91. The van der Waals surface area contributed by atoms with Crippen LogP contribution in [0, 0.1) is 5.82 Å². The van der Waals surface area contributed by atoms with Crippen LogP contribution < -0.4 is 10.6 Å². The van der Waals surface area contributed by atoms with Crippen molar-refractivity contribution in [3.63, 3.8) is 0 Å². The van der Waals surface area contributed by atoms with Gasteiger partial charge in [0.05, 0.1) is 22.5 Å². The maximum Gasteiger partial charge on any atom is 0.269 e. The largest absolute Gasteiger partial charge is 0.322 e. The predicted octanol–water partition coefficient (Wildman–Crippen LogP) is 3.92. The molecule has 2 N–H and O–H groups in total. The van der Waals surface area contributed by atoms with Gasteiger partial charge in [-0.25, -0.2) is 9.38 Å². The van der Waals surface area contributed by atoms with Crippen LogP contribution in [-0.4, -0.2) is 28.7 Å². The summed E-state index contributed by atoms with van der Waals surface area (Å²) in [4.78, 5) is 34.6. The highest BCUT2D eigenvalue weighted by Crippen LogP contribution is 2.25. The minimum atomic E-state index is -1.25. The molecule has 1 aromatic heterocycles. The van der Waals surface area contributed by atoms with Gasteiger partial charge in [0, 0.05) is 22.7 Å². The summed E-state index contributed by atoms with van der Waals surface area (Å²) in [6.45, 7) is 0. The molecule has 0 spiro atoms. The fourth-order valence-electron chi connectivity index (χ4n) is 3.63. The summed E-state index contributed by atoms with van der Waals surface area (Å²) < 4.78 is 14.6. The summed E-state index contributed by atoms with van der Waals surface area (Å²) >= 11 is 0. The monoisotopic (exact) mass is 424 g/mol. The molecule has 1 aliphatic rings. The van der Waals surface area contributed by atoms with E-state index in [1.807, 2.05) is 24.3 Å². The average Bonchev–Trinajstić information content (AvgIpc) is 2.95. The number of nitrogens with one attached hydrogen (secondary N) is 2. The van der Waals surface area contributed by atoms with E-state index in [0.717, 1.165) is 10.9 Å². The molecule has 156 valence electrons. The number of amides is 2. The van der Waals surface area contributed by atoms with Gasteiger partial charge < -0.3 is 10.6 Å². The van der Waals surface area contributed by atoms with Crippen molar-refractivity contribution in [1.82, 2.24) is 10.3 Å². The Labute approximate surface area is 182 Å². The van der Waals surface area contributed by atoms with Gasteiger partial charge in [-0.1, -0.05) is 48.5 Å². The SMILES string of the molecule is O=C(NC1N=C(c2ccccc2F)c2ccccc2NC1=O)c1cnc2ccccc2c1. The number of aliphatic imine (C=N–C) groups is 1. The van der Waals surface area contributed by atoms with Crippen molar-refractivity contribution in [1.29, 1.82) is 0 Å². The minimum absolute atomic E-state index is 0.239. The van der Waals surface area contributed by atoms with Gasteiger partial charge in [-0.15, -0.1) is 0 Å². The second-order valence-corrected chi connectivity index (χ2v) is 7.29. The Balaban J connectivity index is 1.54. The number of nitrogens with zero attached hydrogens (tertiary/aromatic N) is 2. The van der Waals surface area contributed by atoms with E-state index in [1.165, 1.54) is 12.3 Å². The first-order valence-corrected chi connectivity index (χ1v) is 9.99. The number of anilines is 1. The lowest BCUT2D eigenvalue weighted by Gasteiger charge is -2.13.